The van der Waals surface area contributed by atoms with Crippen molar-refractivity contribution in [2.24, 2.45) is 11.8 Å². The molecular formula is C24H29FN4O2. The normalized spacial score (nSPS) is 23.6. The Labute approximate surface area is 182 Å². The molecule has 0 saturated carbocycles. The van der Waals surface area contributed by atoms with Gasteiger partial charge in [0.1, 0.15) is 5.82 Å². The zero-order valence-corrected chi connectivity index (χ0v) is 17.8. The highest BCUT2D eigenvalue weighted by Crippen LogP contribution is 2.32. The van der Waals surface area contributed by atoms with Gasteiger partial charge in [-0.3, -0.25) is 14.5 Å². The van der Waals surface area contributed by atoms with Crippen molar-refractivity contribution in [1.82, 2.24) is 15.6 Å². The first kappa shape index (κ1) is 21.5. The van der Waals surface area contributed by atoms with Gasteiger partial charge in [-0.05, 0) is 36.2 Å². The third-order valence-electron chi connectivity index (χ3n) is 6.09. The predicted molar refractivity (Wildman–Crippen MR) is 117 cm³/mol. The van der Waals surface area contributed by atoms with Crippen molar-refractivity contribution in [2.45, 2.75) is 32.4 Å². The number of nitrogens with one attached hydrogen (secondary N) is 2. The van der Waals surface area contributed by atoms with E-state index < -0.39 is 0 Å². The summed E-state index contributed by atoms with van der Waals surface area (Å²) in [5.41, 5.74) is 5.06. The highest BCUT2D eigenvalue weighted by atomic mass is 19.1. The van der Waals surface area contributed by atoms with Crippen LogP contribution < -0.4 is 15.8 Å². The van der Waals surface area contributed by atoms with E-state index in [-0.39, 0.29) is 35.5 Å². The van der Waals surface area contributed by atoms with Crippen molar-refractivity contribution in [3.63, 3.8) is 0 Å². The Kier molecular flexibility index (Phi) is 6.63. The van der Waals surface area contributed by atoms with Crippen molar-refractivity contribution < 1.29 is 14.0 Å². The summed E-state index contributed by atoms with van der Waals surface area (Å²) in [6.45, 7) is 4.38. The lowest BCUT2D eigenvalue weighted by Crippen LogP contribution is -2.56. The van der Waals surface area contributed by atoms with Crippen molar-refractivity contribution in [3.05, 3.63) is 66.0 Å². The summed E-state index contributed by atoms with van der Waals surface area (Å²) >= 11 is 0. The van der Waals surface area contributed by atoms with E-state index in [0.717, 1.165) is 24.1 Å². The number of piperidine rings is 1. The fourth-order valence-electron chi connectivity index (χ4n) is 4.45. The van der Waals surface area contributed by atoms with Crippen LogP contribution in [0.2, 0.25) is 0 Å². The van der Waals surface area contributed by atoms with Gasteiger partial charge in [0, 0.05) is 26.2 Å². The standard InChI is InChI=1S/C24H29FN4O2/c1-2-3-13-26-23(30)20-15-28(14-17-9-11-18(25)12-10-17)16-21-22(20)27-29(24(21)31)19-7-5-4-6-8-19/h4-12,20-22,27H,2-3,13-16H2,1H3,(H,26,30). The van der Waals surface area contributed by atoms with Crippen LogP contribution in [0, 0.1) is 17.7 Å². The molecule has 0 aromatic heterocycles. The third-order valence-corrected chi connectivity index (χ3v) is 6.09. The summed E-state index contributed by atoms with van der Waals surface area (Å²) in [4.78, 5) is 28.4. The van der Waals surface area contributed by atoms with E-state index in [2.05, 4.69) is 22.6 Å². The summed E-state index contributed by atoms with van der Waals surface area (Å²) in [5.74, 6) is -0.997. The van der Waals surface area contributed by atoms with E-state index in [0.29, 0.717) is 26.2 Å². The Hall–Kier alpha value is -2.77. The van der Waals surface area contributed by atoms with E-state index >= 15 is 0 Å². The Morgan fingerprint density at radius 1 is 1.13 bits per heavy atom. The SMILES string of the molecule is CCCCNC(=O)C1CN(Cc2ccc(F)cc2)CC2C(=O)N(c3ccccc3)NC12. The molecule has 2 fully saturated rings. The van der Waals surface area contributed by atoms with Crippen molar-refractivity contribution in [1.29, 1.82) is 0 Å². The maximum Gasteiger partial charge on any atom is 0.247 e. The molecule has 2 aromatic rings. The van der Waals surface area contributed by atoms with Gasteiger partial charge in [-0.1, -0.05) is 43.7 Å². The Morgan fingerprint density at radius 3 is 2.58 bits per heavy atom. The number of carbonyl (C=O) groups excluding carboxylic acids is 2. The Morgan fingerprint density at radius 2 is 1.87 bits per heavy atom. The minimum Gasteiger partial charge on any atom is -0.356 e. The second-order valence-corrected chi connectivity index (χ2v) is 8.34. The van der Waals surface area contributed by atoms with Gasteiger partial charge in [-0.25, -0.2) is 14.8 Å². The lowest BCUT2D eigenvalue weighted by atomic mass is 9.83. The highest BCUT2D eigenvalue weighted by Gasteiger charge is 2.50. The number of carbonyl (C=O) groups is 2. The van der Waals surface area contributed by atoms with Gasteiger partial charge < -0.3 is 5.32 Å². The fourth-order valence-corrected chi connectivity index (χ4v) is 4.45. The van der Waals surface area contributed by atoms with Crippen molar-refractivity contribution >= 4 is 17.5 Å². The van der Waals surface area contributed by atoms with Gasteiger partial charge in [0.05, 0.1) is 23.6 Å². The summed E-state index contributed by atoms with van der Waals surface area (Å²) < 4.78 is 13.3. The average Bonchev–Trinajstić information content (AvgIpc) is 3.12. The summed E-state index contributed by atoms with van der Waals surface area (Å²) in [5, 5.41) is 4.63. The van der Waals surface area contributed by atoms with Crippen LogP contribution in [0.5, 0.6) is 0 Å². The monoisotopic (exact) mass is 424 g/mol. The number of rotatable bonds is 7. The van der Waals surface area contributed by atoms with Crippen LogP contribution in [0.15, 0.2) is 54.6 Å². The first-order valence-electron chi connectivity index (χ1n) is 11.0. The molecule has 2 amide bonds. The van der Waals surface area contributed by atoms with Crippen LogP contribution in [-0.4, -0.2) is 42.4 Å². The van der Waals surface area contributed by atoms with Crippen LogP contribution in [-0.2, 0) is 16.1 Å². The van der Waals surface area contributed by atoms with Crippen LogP contribution >= 0.6 is 0 Å². The molecule has 7 heteroatoms. The molecule has 0 bridgehead atoms. The molecule has 2 aliphatic rings. The summed E-state index contributed by atoms with van der Waals surface area (Å²) in [7, 11) is 0. The maximum atomic E-state index is 13.3. The second kappa shape index (κ2) is 9.58. The van der Waals surface area contributed by atoms with E-state index in [1.54, 1.807) is 17.1 Å². The number of hydrogen-bond acceptors (Lipinski definition) is 4. The molecule has 0 aliphatic carbocycles. The average molecular weight is 425 g/mol. The van der Waals surface area contributed by atoms with E-state index in [9.17, 15) is 14.0 Å². The van der Waals surface area contributed by atoms with Crippen LogP contribution in [0.25, 0.3) is 0 Å². The first-order valence-corrected chi connectivity index (χ1v) is 11.0. The number of likely N-dealkylation sites (tertiary alicyclic amines) is 1. The smallest absolute Gasteiger partial charge is 0.247 e. The van der Waals surface area contributed by atoms with E-state index in [4.69, 9.17) is 0 Å². The fraction of sp³-hybridized carbons (Fsp3) is 0.417. The number of fused-ring (bicyclic) bond motifs is 1. The molecule has 31 heavy (non-hydrogen) atoms. The molecule has 2 aromatic carbocycles. The predicted octanol–water partition coefficient (Wildman–Crippen LogP) is 2.71. The van der Waals surface area contributed by atoms with Crippen LogP contribution in [0.3, 0.4) is 0 Å². The van der Waals surface area contributed by atoms with E-state index in [1.807, 2.05) is 30.3 Å². The molecule has 2 saturated heterocycles. The number of anilines is 1. The molecule has 6 nitrogen and oxygen atoms in total. The van der Waals surface area contributed by atoms with E-state index in [1.165, 1.54) is 12.1 Å². The zero-order valence-electron chi connectivity index (χ0n) is 17.8. The van der Waals surface area contributed by atoms with Crippen LogP contribution in [0.1, 0.15) is 25.3 Å². The number of benzene rings is 2. The second-order valence-electron chi connectivity index (χ2n) is 8.34. The lowest BCUT2D eigenvalue weighted by molar-refractivity contribution is -0.130. The highest BCUT2D eigenvalue weighted by molar-refractivity contribution is 5.98. The van der Waals surface area contributed by atoms with Gasteiger partial charge in [0.15, 0.2) is 0 Å². The number of para-hydroxylation sites is 1. The zero-order chi connectivity index (χ0) is 21.8. The Bertz CT molecular complexity index is 906. The molecule has 2 aliphatic heterocycles. The molecular weight excluding hydrogens is 395 g/mol. The largest absolute Gasteiger partial charge is 0.356 e. The molecule has 2 heterocycles. The number of amides is 2. The number of nitrogens with zero attached hydrogens (tertiary/aromatic N) is 2. The minimum absolute atomic E-state index is 0.0219. The number of hydrazine groups is 1. The topological polar surface area (TPSA) is 64.7 Å². The molecule has 0 spiro atoms. The molecule has 4 rings (SSSR count). The lowest BCUT2D eigenvalue weighted by Gasteiger charge is -2.38. The van der Waals surface area contributed by atoms with Crippen molar-refractivity contribution in [2.75, 3.05) is 24.6 Å². The van der Waals surface area contributed by atoms with Gasteiger partial charge in [0.2, 0.25) is 11.8 Å². The Balaban J connectivity index is 1.55. The minimum atomic E-state index is -0.353. The molecule has 3 unspecified atom stereocenters. The molecule has 3 atom stereocenters. The number of unbranched alkanes of at least 4 members (excludes halogenated alkanes) is 1. The van der Waals surface area contributed by atoms with Gasteiger partial charge in [-0.15, -0.1) is 0 Å². The number of halogens is 1. The molecule has 164 valence electrons. The maximum absolute atomic E-state index is 13.3. The van der Waals surface area contributed by atoms with Gasteiger partial charge >= 0.3 is 0 Å². The number of hydrogen-bond donors (Lipinski definition) is 2. The third kappa shape index (κ3) is 4.78. The molecule has 0 radical (unpaired) electrons. The van der Waals surface area contributed by atoms with Crippen molar-refractivity contribution in [3.8, 4) is 0 Å². The van der Waals surface area contributed by atoms with Gasteiger partial charge in [0.25, 0.3) is 0 Å². The summed E-state index contributed by atoms with van der Waals surface area (Å²) in [6.07, 6.45) is 1.93. The quantitative estimate of drug-likeness (QED) is 0.671. The molecule has 2 N–H and O–H groups in total. The summed E-state index contributed by atoms with van der Waals surface area (Å²) in [6, 6.07) is 15.6. The van der Waals surface area contributed by atoms with Crippen LogP contribution in [0.4, 0.5) is 10.1 Å². The van der Waals surface area contributed by atoms with Gasteiger partial charge in [-0.2, -0.15) is 0 Å². The first-order chi connectivity index (χ1) is 15.1.